The number of ether oxygens (including phenoxy) is 4. The van der Waals surface area contributed by atoms with E-state index in [0.717, 1.165) is 0 Å². The van der Waals surface area contributed by atoms with Crippen LogP contribution in [0.4, 0.5) is 5.69 Å². The lowest BCUT2D eigenvalue weighted by molar-refractivity contribution is -0.384. The molecule has 0 radical (unpaired) electrons. The Morgan fingerprint density at radius 1 is 1.02 bits per heavy atom. The number of nitrogens with zero attached hydrogens (tertiary/aromatic N) is 1. The topological polar surface area (TPSA) is 158 Å². The van der Waals surface area contributed by atoms with Crippen LogP contribution in [-0.4, -0.2) is 68.6 Å². The Hall–Kier alpha value is -3.84. The number of carbonyl (C=O) groups is 2. The molecule has 2 aromatic rings. The normalized spacial score (nSPS) is 13.9. The molecule has 0 spiro atoms. The summed E-state index contributed by atoms with van der Waals surface area (Å²) in [7, 11) is 2.43. The number of nitro groups is 1. The van der Waals surface area contributed by atoms with Gasteiger partial charge in [-0.2, -0.15) is 0 Å². The van der Waals surface area contributed by atoms with Crippen LogP contribution in [0.2, 0.25) is 5.02 Å². The highest BCUT2D eigenvalue weighted by Gasteiger charge is 2.39. The minimum absolute atomic E-state index is 0. The van der Waals surface area contributed by atoms with Crippen LogP contribution in [0.5, 0.6) is 11.5 Å². The van der Waals surface area contributed by atoms with E-state index in [1.165, 1.54) is 32.4 Å². The van der Waals surface area contributed by atoms with Crippen molar-refractivity contribution in [2.45, 2.75) is 38.7 Å². The number of allylic oxidation sites excluding steroid dienone is 2. The third-order valence-electron chi connectivity index (χ3n) is 6.74. The van der Waals surface area contributed by atoms with Crippen LogP contribution in [-0.2, 0) is 19.1 Å². The van der Waals surface area contributed by atoms with Crippen molar-refractivity contribution in [2.24, 2.45) is 0 Å². The number of methoxy groups -OCH3 is 2. The summed E-state index contributed by atoms with van der Waals surface area (Å²) in [5.74, 6) is -1.66. The Bertz CT molecular complexity index is 1360. The maximum atomic E-state index is 12.9. The molecule has 1 aliphatic heterocycles. The molecule has 1 heterocycles. The zero-order valence-electron chi connectivity index (χ0n) is 24.9. The first kappa shape index (κ1) is 36.4. The van der Waals surface area contributed by atoms with Crippen molar-refractivity contribution in [3.63, 3.8) is 0 Å². The van der Waals surface area contributed by atoms with Gasteiger partial charge in [0, 0.05) is 35.6 Å². The molecule has 12 nitrogen and oxygen atoms in total. The van der Waals surface area contributed by atoms with Crippen molar-refractivity contribution < 1.29 is 38.6 Å². The summed E-state index contributed by atoms with van der Waals surface area (Å²) in [6.45, 7) is 4.56. The lowest BCUT2D eigenvalue weighted by Gasteiger charge is -2.30. The van der Waals surface area contributed by atoms with E-state index in [2.05, 4.69) is 10.6 Å². The molecule has 0 bridgehead atoms. The van der Waals surface area contributed by atoms with Gasteiger partial charge in [0.05, 0.1) is 47.8 Å². The molecule has 14 heteroatoms. The summed E-state index contributed by atoms with van der Waals surface area (Å²) in [6, 6.07) is 11.1. The summed E-state index contributed by atoms with van der Waals surface area (Å²) >= 11 is 6.06. The van der Waals surface area contributed by atoms with Crippen LogP contribution in [0.3, 0.4) is 0 Å². The van der Waals surface area contributed by atoms with Gasteiger partial charge in [-0.3, -0.25) is 10.1 Å². The van der Waals surface area contributed by atoms with Gasteiger partial charge in [0.25, 0.3) is 5.69 Å². The van der Waals surface area contributed by atoms with Crippen molar-refractivity contribution in [2.75, 3.05) is 40.5 Å². The van der Waals surface area contributed by atoms with E-state index < -0.39 is 28.9 Å². The summed E-state index contributed by atoms with van der Waals surface area (Å²) in [6.07, 6.45) is 0.576. The number of para-hydroxylation sites is 1. The number of nitrogens with one attached hydrogen (secondary N) is 2. The molecule has 3 N–H and O–H groups in total. The molecular weight excluding hydrogens is 617 g/mol. The highest BCUT2D eigenvalue weighted by molar-refractivity contribution is 6.32. The van der Waals surface area contributed by atoms with Gasteiger partial charge < -0.3 is 34.7 Å². The van der Waals surface area contributed by atoms with Crippen molar-refractivity contribution in [1.29, 1.82) is 0 Å². The number of dihydropyridines is 1. The van der Waals surface area contributed by atoms with Crippen LogP contribution in [0.1, 0.15) is 38.2 Å². The second-order valence-electron chi connectivity index (χ2n) is 9.75. The summed E-state index contributed by atoms with van der Waals surface area (Å²) in [4.78, 5) is 36.9. The number of unbranched alkanes of at least 4 members (excludes halogenated alkanes) is 1. The predicted octanol–water partition coefficient (Wildman–Crippen LogP) is 4.44. The van der Waals surface area contributed by atoms with E-state index in [0.29, 0.717) is 48.1 Å². The number of aliphatic hydroxyl groups excluding tert-OH is 1. The summed E-state index contributed by atoms with van der Waals surface area (Å²) in [5, 5.41) is 28.5. The molecule has 0 aromatic heterocycles. The summed E-state index contributed by atoms with van der Waals surface area (Å²) in [5.41, 5.74) is 1.12. The Kier molecular flexibility index (Phi) is 14.4. The molecule has 0 aliphatic carbocycles. The third kappa shape index (κ3) is 9.33. The largest absolute Gasteiger partial charge is 0.493 e. The second-order valence-corrected chi connectivity index (χ2v) is 10.2. The minimum Gasteiger partial charge on any atom is -0.493 e. The first-order valence-corrected chi connectivity index (χ1v) is 14.0. The molecule has 1 aliphatic rings. The molecule has 3 rings (SSSR count). The van der Waals surface area contributed by atoms with Crippen LogP contribution < -0.4 is 20.1 Å². The van der Waals surface area contributed by atoms with Gasteiger partial charge in [-0.15, -0.1) is 12.4 Å². The maximum absolute atomic E-state index is 12.9. The van der Waals surface area contributed by atoms with E-state index in [9.17, 15) is 24.8 Å². The molecule has 1 unspecified atom stereocenters. The smallest absolute Gasteiger partial charge is 0.336 e. The van der Waals surface area contributed by atoms with Crippen LogP contribution in [0.15, 0.2) is 65.0 Å². The van der Waals surface area contributed by atoms with Crippen LogP contribution >= 0.6 is 24.0 Å². The fraction of sp³-hybridized carbons (Fsp3) is 0.400. The third-order valence-corrected chi connectivity index (χ3v) is 7.05. The van der Waals surface area contributed by atoms with Gasteiger partial charge in [0.15, 0.2) is 0 Å². The number of rotatable bonds is 15. The molecular formula is C30H37Cl2N3O9. The number of nitro benzene ring substituents is 1. The van der Waals surface area contributed by atoms with E-state index in [-0.39, 0.29) is 53.8 Å². The minimum atomic E-state index is -1.04. The molecule has 0 saturated carbocycles. The van der Waals surface area contributed by atoms with Crippen LogP contribution in [0, 0.1) is 10.1 Å². The SMILES string of the molecule is COC(=O)C1=C(C)NC(C)=C(C(=O)OC)C1c1cc([N+](=O)[O-])ccc1OCCCCNCC(O)COc1ccccc1Cl.Cl. The molecule has 1 atom stereocenters. The molecule has 0 saturated heterocycles. The fourth-order valence-corrected chi connectivity index (χ4v) is 4.87. The van der Waals surface area contributed by atoms with Crippen molar-refractivity contribution in [3.05, 3.63) is 85.7 Å². The van der Waals surface area contributed by atoms with Crippen LogP contribution in [0.25, 0.3) is 0 Å². The van der Waals surface area contributed by atoms with Gasteiger partial charge >= 0.3 is 11.9 Å². The number of carbonyl (C=O) groups excluding carboxylic acids is 2. The molecule has 2 aromatic carbocycles. The number of halogens is 2. The molecule has 0 amide bonds. The first-order valence-electron chi connectivity index (χ1n) is 13.6. The first-order chi connectivity index (χ1) is 20.6. The lowest BCUT2D eigenvalue weighted by atomic mass is 9.80. The molecule has 44 heavy (non-hydrogen) atoms. The van der Waals surface area contributed by atoms with Gasteiger partial charge in [-0.05, 0) is 51.4 Å². The lowest BCUT2D eigenvalue weighted by Crippen LogP contribution is -2.32. The average molecular weight is 655 g/mol. The number of hydrogen-bond acceptors (Lipinski definition) is 11. The highest BCUT2D eigenvalue weighted by Crippen LogP contribution is 2.44. The van der Waals surface area contributed by atoms with Gasteiger partial charge in [0.1, 0.15) is 24.2 Å². The number of esters is 2. The Balaban J connectivity index is 0.00000675. The van der Waals surface area contributed by atoms with Crippen molar-refractivity contribution in [1.82, 2.24) is 10.6 Å². The average Bonchev–Trinajstić information content (AvgIpc) is 2.99. The standard InChI is InChI=1S/C30H36ClN3O9.ClH/c1-18-26(29(36)40-3)28(27(19(2)33-18)30(37)41-4)22-15-20(34(38)39)11-12-24(22)42-14-8-7-13-32-16-21(35)17-43-25-10-6-5-9-23(25)31;/h5-6,9-12,15,21,28,32-33,35H,7-8,13-14,16-17H2,1-4H3;1H. The Labute approximate surface area is 266 Å². The Morgan fingerprint density at radius 2 is 1.66 bits per heavy atom. The number of benzene rings is 2. The fourth-order valence-electron chi connectivity index (χ4n) is 4.68. The second kappa shape index (κ2) is 17.5. The molecule has 240 valence electrons. The van der Waals surface area contributed by atoms with E-state index in [1.807, 2.05) is 0 Å². The Morgan fingerprint density at radius 3 is 2.25 bits per heavy atom. The zero-order valence-corrected chi connectivity index (χ0v) is 26.5. The van der Waals surface area contributed by atoms with Crippen molar-refractivity contribution in [3.8, 4) is 11.5 Å². The predicted molar refractivity (Wildman–Crippen MR) is 166 cm³/mol. The van der Waals surface area contributed by atoms with Gasteiger partial charge in [-0.25, -0.2) is 9.59 Å². The van der Waals surface area contributed by atoms with E-state index >= 15 is 0 Å². The quantitative estimate of drug-likeness (QED) is 0.108. The monoisotopic (exact) mass is 653 g/mol. The number of non-ortho nitro benzene ring substituents is 1. The number of aliphatic hydroxyl groups is 1. The van der Waals surface area contributed by atoms with Gasteiger partial charge in [0.2, 0.25) is 0 Å². The highest BCUT2D eigenvalue weighted by atomic mass is 35.5. The maximum Gasteiger partial charge on any atom is 0.336 e. The number of hydrogen-bond donors (Lipinski definition) is 3. The van der Waals surface area contributed by atoms with Gasteiger partial charge in [-0.1, -0.05) is 23.7 Å². The van der Waals surface area contributed by atoms with E-state index in [1.54, 1.807) is 38.1 Å². The summed E-state index contributed by atoms with van der Waals surface area (Å²) < 4.78 is 21.6. The van der Waals surface area contributed by atoms with E-state index in [4.69, 9.17) is 30.5 Å². The molecule has 0 fully saturated rings. The van der Waals surface area contributed by atoms with Crippen molar-refractivity contribution >= 4 is 41.6 Å². The zero-order chi connectivity index (χ0) is 31.5.